The molecule has 83 heavy (non-hydrogen) atoms. The third kappa shape index (κ3) is 68.0. The van der Waals surface area contributed by atoms with E-state index in [1.165, 1.54) is 141 Å². The number of carbonyl (C=O) groups is 3. The largest absolute Gasteiger partial charge is 0.462 e. The Bertz CT molecular complexity index is 1800. The molecule has 0 aliphatic heterocycles. The number of rotatable bonds is 61. The van der Waals surface area contributed by atoms with Gasteiger partial charge in [-0.1, -0.05) is 301 Å². The highest BCUT2D eigenvalue weighted by molar-refractivity contribution is 5.71. The monoisotopic (exact) mass is 1150 g/mol. The summed E-state index contributed by atoms with van der Waals surface area (Å²) in [5, 5.41) is 0. The molecule has 1 unspecified atom stereocenters. The topological polar surface area (TPSA) is 78.9 Å². The predicted molar refractivity (Wildman–Crippen MR) is 362 cm³/mol. The Balaban J connectivity index is 4.35. The molecular weight excluding hydrogens is 1020 g/mol. The summed E-state index contributed by atoms with van der Waals surface area (Å²) in [6.45, 7) is 6.35. The summed E-state index contributed by atoms with van der Waals surface area (Å²) in [5.74, 6) is -0.994. The van der Waals surface area contributed by atoms with Crippen molar-refractivity contribution in [3.8, 4) is 0 Å². The molecule has 0 aromatic rings. The second-order valence-electron chi connectivity index (χ2n) is 22.3. The smallest absolute Gasteiger partial charge is 0.306 e. The molecule has 0 spiro atoms. The molecule has 0 N–H and O–H groups in total. The Labute approximate surface area is 512 Å². The molecule has 0 aliphatic carbocycles. The van der Waals surface area contributed by atoms with E-state index in [1.807, 2.05) is 6.08 Å². The second-order valence-corrected chi connectivity index (χ2v) is 22.3. The molecule has 0 heterocycles. The van der Waals surface area contributed by atoms with Crippen molar-refractivity contribution in [2.45, 2.75) is 309 Å². The summed E-state index contributed by atoms with van der Waals surface area (Å²) in [6.07, 6.45) is 100. The summed E-state index contributed by atoms with van der Waals surface area (Å²) in [6, 6.07) is 0. The molecule has 1 atom stereocenters. The molecule has 0 aliphatic rings. The maximum atomic E-state index is 12.9. The van der Waals surface area contributed by atoms with Crippen molar-refractivity contribution < 1.29 is 28.6 Å². The molecule has 0 radical (unpaired) electrons. The van der Waals surface area contributed by atoms with Crippen molar-refractivity contribution in [1.82, 2.24) is 0 Å². The van der Waals surface area contributed by atoms with Crippen LogP contribution in [0.3, 0.4) is 0 Å². The molecule has 0 bridgehead atoms. The van der Waals surface area contributed by atoms with Crippen LogP contribution in [0.15, 0.2) is 146 Å². The first-order valence-electron chi connectivity index (χ1n) is 34.3. The fourth-order valence-corrected chi connectivity index (χ4v) is 9.26. The Hall–Kier alpha value is -4.71. The number of hydrogen-bond acceptors (Lipinski definition) is 6. The fourth-order valence-electron chi connectivity index (χ4n) is 9.26. The summed E-state index contributed by atoms with van der Waals surface area (Å²) < 4.78 is 16.9. The quantitative estimate of drug-likeness (QED) is 0.0261. The zero-order valence-electron chi connectivity index (χ0n) is 53.9. The van der Waals surface area contributed by atoms with Gasteiger partial charge < -0.3 is 14.2 Å². The second kappa shape index (κ2) is 69.8. The first-order valence-corrected chi connectivity index (χ1v) is 34.3. The summed E-state index contributed by atoms with van der Waals surface area (Å²) in [5.41, 5.74) is 0. The van der Waals surface area contributed by atoms with Gasteiger partial charge in [0.1, 0.15) is 13.2 Å². The fraction of sp³-hybridized carbons (Fsp3) is 0.649. The summed E-state index contributed by atoms with van der Waals surface area (Å²) in [7, 11) is 0. The minimum absolute atomic E-state index is 0.107. The van der Waals surface area contributed by atoms with E-state index in [4.69, 9.17) is 14.2 Å². The van der Waals surface area contributed by atoms with Crippen LogP contribution in [0.1, 0.15) is 303 Å². The lowest BCUT2D eigenvalue weighted by molar-refractivity contribution is -0.166. The van der Waals surface area contributed by atoms with Gasteiger partial charge in [-0.05, 0) is 128 Å². The minimum atomic E-state index is -0.817. The van der Waals surface area contributed by atoms with Gasteiger partial charge in [-0.25, -0.2) is 0 Å². The highest BCUT2D eigenvalue weighted by Crippen LogP contribution is 2.16. The third-order valence-electron chi connectivity index (χ3n) is 14.3. The molecular formula is C77H126O6. The van der Waals surface area contributed by atoms with Crippen molar-refractivity contribution in [1.29, 1.82) is 0 Å². The molecule has 0 saturated carbocycles. The van der Waals surface area contributed by atoms with Crippen LogP contribution in [-0.4, -0.2) is 37.2 Å². The van der Waals surface area contributed by atoms with Gasteiger partial charge in [-0.3, -0.25) is 14.4 Å². The van der Waals surface area contributed by atoms with E-state index in [0.717, 1.165) is 116 Å². The van der Waals surface area contributed by atoms with Crippen LogP contribution in [0.2, 0.25) is 0 Å². The van der Waals surface area contributed by atoms with Gasteiger partial charge in [0.25, 0.3) is 0 Å². The molecule has 6 nitrogen and oxygen atoms in total. The molecule has 0 aromatic carbocycles. The molecule has 0 fully saturated rings. The Morgan fingerprint density at radius 3 is 0.807 bits per heavy atom. The van der Waals surface area contributed by atoms with Crippen molar-refractivity contribution in [2.75, 3.05) is 13.2 Å². The average molecular weight is 1150 g/mol. The van der Waals surface area contributed by atoms with Gasteiger partial charge in [0, 0.05) is 19.3 Å². The lowest BCUT2D eigenvalue weighted by atomic mass is 10.0. The van der Waals surface area contributed by atoms with Crippen LogP contribution in [-0.2, 0) is 28.6 Å². The SMILES string of the molecule is CC/C=C\C/C=C\C/C=C\C/C=C\C/C=C\C/C=C\CCCCCCCCCCCCC(=O)OCC(COC(=O)CC/C=C\C/C=C\C/C=C\C/C=C\CC)OC(=O)CCCCCCCCCCCCC/C=C\C/C=C\CCCCCCC. The van der Waals surface area contributed by atoms with Crippen LogP contribution >= 0.6 is 0 Å². The third-order valence-corrected chi connectivity index (χ3v) is 14.3. The molecule has 6 heteroatoms. The van der Waals surface area contributed by atoms with Crippen molar-refractivity contribution in [2.24, 2.45) is 0 Å². The highest BCUT2D eigenvalue weighted by atomic mass is 16.6. The van der Waals surface area contributed by atoms with Gasteiger partial charge in [0.05, 0.1) is 0 Å². The summed E-state index contributed by atoms with van der Waals surface area (Å²) >= 11 is 0. The van der Waals surface area contributed by atoms with Crippen LogP contribution in [0, 0.1) is 0 Å². The molecule has 0 aromatic heterocycles. The number of esters is 3. The average Bonchev–Trinajstić information content (AvgIpc) is 3.49. The van der Waals surface area contributed by atoms with E-state index in [9.17, 15) is 14.4 Å². The van der Waals surface area contributed by atoms with Crippen LogP contribution < -0.4 is 0 Å². The molecule has 0 rings (SSSR count). The van der Waals surface area contributed by atoms with Crippen LogP contribution in [0.5, 0.6) is 0 Å². The van der Waals surface area contributed by atoms with Gasteiger partial charge in [0.15, 0.2) is 6.10 Å². The van der Waals surface area contributed by atoms with Crippen molar-refractivity contribution >= 4 is 17.9 Å². The van der Waals surface area contributed by atoms with Crippen molar-refractivity contribution in [3.05, 3.63) is 146 Å². The van der Waals surface area contributed by atoms with E-state index >= 15 is 0 Å². The maximum Gasteiger partial charge on any atom is 0.306 e. The predicted octanol–water partition coefficient (Wildman–Crippen LogP) is 23.9. The van der Waals surface area contributed by atoms with Gasteiger partial charge in [-0.15, -0.1) is 0 Å². The minimum Gasteiger partial charge on any atom is -0.462 e. The first-order chi connectivity index (χ1) is 41.0. The maximum absolute atomic E-state index is 12.9. The summed E-state index contributed by atoms with van der Waals surface area (Å²) in [4.78, 5) is 38.4. The normalized spacial score (nSPS) is 13.0. The highest BCUT2D eigenvalue weighted by Gasteiger charge is 2.19. The van der Waals surface area contributed by atoms with Crippen molar-refractivity contribution in [3.63, 3.8) is 0 Å². The Morgan fingerprint density at radius 2 is 0.494 bits per heavy atom. The lowest BCUT2D eigenvalue weighted by Gasteiger charge is -2.18. The number of unbranched alkanes of at least 4 members (excludes halogenated alkanes) is 26. The zero-order chi connectivity index (χ0) is 59.9. The van der Waals surface area contributed by atoms with Crippen LogP contribution in [0.25, 0.3) is 0 Å². The van der Waals surface area contributed by atoms with Gasteiger partial charge >= 0.3 is 17.9 Å². The molecule has 470 valence electrons. The van der Waals surface area contributed by atoms with Crippen LogP contribution in [0.4, 0.5) is 0 Å². The van der Waals surface area contributed by atoms with E-state index in [2.05, 4.69) is 161 Å². The Kier molecular flexibility index (Phi) is 65.8. The van der Waals surface area contributed by atoms with Gasteiger partial charge in [0.2, 0.25) is 0 Å². The molecule has 0 amide bonds. The van der Waals surface area contributed by atoms with E-state index < -0.39 is 6.10 Å². The van der Waals surface area contributed by atoms with E-state index in [-0.39, 0.29) is 37.5 Å². The lowest BCUT2D eigenvalue weighted by Crippen LogP contribution is -2.30. The van der Waals surface area contributed by atoms with E-state index in [0.29, 0.717) is 19.3 Å². The number of ether oxygens (including phenoxy) is 3. The van der Waals surface area contributed by atoms with E-state index in [1.54, 1.807) is 0 Å². The number of carbonyl (C=O) groups excluding carboxylic acids is 3. The number of allylic oxidation sites excluding steroid dienone is 24. The zero-order valence-corrected chi connectivity index (χ0v) is 53.9. The molecule has 0 saturated heterocycles. The van der Waals surface area contributed by atoms with Gasteiger partial charge in [-0.2, -0.15) is 0 Å². The standard InChI is InChI=1S/C77H126O6/c1-4-7-10-13-16-19-22-25-27-29-31-33-35-36-37-38-39-40-42-43-45-47-49-52-55-58-61-64-67-70-76(79)82-73-74(72-81-75(78)69-66-63-60-57-54-51-24-21-18-15-12-9-6-3)83-77(80)71-68-65-62-59-56-53-50-48-46-44-41-34-32-30-28-26-23-20-17-14-11-8-5-2/h7,9-10,12,16,18-19,21,23,25-27,30-33,36-37,39-40,51,54,60,63,74H,4-6,8,11,13-15,17,20,22,24,28-29,34-35,38,41-50,52-53,55-59,61-62,64-73H2,1-3H3/b10-7-,12-9-,19-16-,21-18-,26-23-,27-25-,32-30-,33-31-,37-36-,40-39-,54-51-,63-60-. The first kappa shape index (κ1) is 78.3. The Morgan fingerprint density at radius 1 is 0.253 bits per heavy atom. The number of hydrogen-bond donors (Lipinski definition) is 0.